The second-order valence-corrected chi connectivity index (χ2v) is 4.12. The van der Waals surface area contributed by atoms with E-state index >= 15 is 0 Å². The Bertz CT molecular complexity index is 211. The van der Waals surface area contributed by atoms with Crippen molar-refractivity contribution in [2.75, 3.05) is 33.4 Å². The van der Waals surface area contributed by atoms with E-state index in [2.05, 4.69) is 17.6 Å². The summed E-state index contributed by atoms with van der Waals surface area (Å²) >= 11 is 0. The maximum absolute atomic E-state index is 11.3. The van der Waals surface area contributed by atoms with Crippen molar-refractivity contribution in [2.24, 2.45) is 0 Å². The van der Waals surface area contributed by atoms with Crippen molar-refractivity contribution in [2.45, 2.75) is 32.0 Å². The Morgan fingerprint density at radius 3 is 2.94 bits per heavy atom. The zero-order chi connectivity index (χ0) is 11.8. The number of carbonyl (C=O) groups is 1. The lowest BCUT2D eigenvalue weighted by Crippen LogP contribution is -2.38. The van der Waals surface area contributed by atoms with E-state index in [1.54, 1.807) is 7.11 Å². The summed E-state index contributed by atoms with van der Waals surface area (Å²) in [5.41, 5.74) is 0. The van der Waals surface area contributed by atoms with Crippen LogP contribution in [0.5, 0.6) is 0 Å². The molecular formula is C11H22N2O3. The van der Waals surface area contributed by atoms with E-state index in [9.17, 15) is 4.79 Å². The van der Waals surface area contributed by atoms with E-state index in [1.165, 1.54) is 0 Å². The number of methoxy groups -OCH3 is 1. The zero-order valence-electron chi connectivity index (χ0n) is 10.1. The van der Waals surface area contributed by atoms with E-state index in [0.717, 1.165) is 19.4 Å². The number of hydrogen-bond donors (Lipinski definition) is 2. The lowest BCUT2D eigenvalue weighted by molar-refractivity contribution is -0.120. The van der Waals surface area contributed by atoms with Crippen LogP contribution in [0.1, 0.15) is 19.8 Å². The fourth-order valence-electron chi connectivity index (χ4n) is 1.74. The monoisotopic (exact) mass is 230 g/mol. The number of carbonyl (C=O) groups excluding carboxylic acids is 1. The normalized spacial score (nSPS) is 24.6. The third-order valence-electron chi connectivity index (χ3n) is 2.61. The molecule has 2 N–H and O–H groups in total. The molecule has 1 amide bonds. The molecule has 0 aromatic heterocycles. The van der Waals surface area contributed by atoms with Gasteiger partial charge in [0.15, 0.2) is 0 Å². The van der Waals surface area contributed by atoms with Crippen molar-refractivity contribution < 1.29 is 14.3 Å². The van der Waals surface area contributed by atoms with Gasteiger partial charge < -0.3 is 20.1 Å². The van der Waals surface area contributed by atoms with E-state index in [-0.39, 0.29) is 12.0 Å². The molecule has 1 rings (SSSR count). The smallest absolute Gasteiger partial charge is 0.234 e. The third-order valence-corrected chi connectivity index (χ3v) is 2.61. The van der Waals surface area contributed by atoms with Crippen LogP contribution in [0.2, 0.25) is 0 Å². The van der Waals surface area contributed by atoms with Crippen molar-refractivity contribution in [3.63, 3.8) is 0 Å². The average molecular weight is 230 g/mol. The first kappa shape index (κ1) is 13.4. The van der Waals surface area contributed by atoms with Crippen LogP contribution in [0.15, 0.2) is 0 Å². The largest absolute Gasteiger partial charge is 0.383 e. The average Bonchev–Trinajstić information content (AvgIpc) is 2.65. The van der Waals surface area contributed by atoms with Crippen molar-refractivity contribution >= 4 is 5.91 Å². The highest BCUT2D eigenvalue weighted by atomic mass is 16.5. The fourth-order valence-corrected chi connectivity index (χ4v) is 1.74. The predicted molar refractivity (Wildman–Crippen MR) is 61.3 cm³/mol. The molecule has 16 heavy (non-hydrogen) atoms. The summed E-state index contributed by atoms with van der Waals surface area (Å²) in [6.07, 6.45) is 2.83. The van der Waals surface area contributed by atoms with E-state index in [4.69, 9.17) is 9.47 Å². The summed E-state index contributed by atoms with van der Waals surface area (Å²) in [6.45, 7) is 4.29. The summed E-state index contributed by atoms with van der Waals surface area (Å²) < 4.78 is 10.5. The van der Waals surface area contributed by atoms with Gasteiger partial charge in [0.25, 0.3) is 0 Å². The maximum atomic E-state index is 11.3. The van der Waals surface area contributed by atoms with Crippen LogP contribution < -0.4 is 10.6 Å². The molecule has 5 nitrogen and oxygen atoms in total. The standard InChI is InChI=1S/C11H22N2O3/c1-9-3-4-10(16-9)7-12-8-11(14)13-5-6-15-2/h9-10,12H,3-8H2,1-2H3,(H,13,14). The van der Waals surface area contributed by atoms with E-state index in [0.29, 0.717) is 25.8 Å². The van der Waals surface area contributed by atoms with Crippen LogP contribution in [0, 0.1) is 0 Å². The summed E-state index contributed by atoms with van der Waals surface area (Å²) in [6, 6.07) is 0. The highest BCUT2D eigenvalue weighted by Crippen LogP contribution is 2.17. The summed E-state index contributed by atoms with van der Waals surface area (Å²) in [7, 11) is 1.61. The Morgan fingerprint density at radius 1 is 1.50 bits per heavy atom. The highest BCUT2D eigenvalue weighted by Gasteiger charge is 2.21. The SMILES string of the molecule is COCCNC(=O)CNCC1CCC(C)O1. The molecule has 0 spiro atoms. The number of nitrogens with one attached hydrogen (secondary N) is 2. The van der Waals surface area contributed by atoms with Crippen LogP contribution in [-0.2, 0) is 14.3 Å². The Morgan fingerprint density at radius 2 is 2.31 bits per heavy atom. The van der Waals surface area contributed by atoms with E-state index in [1.807, 2.05) is 0 Å². The van der Waals surface area contributed by atoms with Crippen molar-refractivity contribution in [3.8, 4) is 0 Å². The molecule has 2 unspecified atom stereocenters. The quantitative estimate of drug-likeness (QED) is 0.600. The maximum Gasteiger partial charge on any atom is 0.234 e. The van der Waals surface area contributed by atoms with Gasteiger partial charge in [0.2, 0.25) is 5.91 Å². The highest BCUT2D eigenvalue weighted by molar-refractivity contribution is 5.77. The number of amides is 1. The van der Waals surface area contributed by atoms with Gasteiger partial charge in [-0.05, 0) is 19.8 Å². The molecule has 0 aliphatic carbocycles. The Labute approximate surface area is 96.9 Å². The molecule has 0 bridgehead atoms. The van der Waals surface area contributed by atoms with Crippen LogP contribution in [0.3, 0.4) is 0 Å². The summed E-state index contributed by atoms with van der Waals surface area (Å²) in [5, 5.41) is 5.85. The lowest BCUT2D eigenvalue weighted by Gasteiger charge is -2.12. The first-order valence-corrected chi connectivity index (χ1v) is 5.84. The molecule has 0 aromatic carbocycles. The van der Waals surface area contributed by atoms with Gasteiger partial charge in [-0.2, -0.15) is 0 Å². The van der Waals surface area contributed by atoms with Gasteiger partial charge in [-0.1, -0.05) is 0 Å². The zero-order valence-corrected chi connectivity index (χ0v) is 10.1. The molecule has 1 aliphatic rings. The summed E-state index contributed by atoms with van der Waals surface area (Å²) in [4.78, 5) is 11.3. The summed E-state index contributed by atoms with van der Waals surface area (Å²) in [5.74, 6) is 0.00287. The first-order valence-electron chi connectivity index (χ1n) is 5.84. The Balaban J connectivity index is 1.96. The lowest BCUT2D eigenvalue weighted by atomic mass is 10.2. The minimum absolute atomic E-state index is 0.00287. The Hall–Kier alpha value is -0.650. The van der Waals surface area contributed by atoms with Gasteiger partial charge >= 0.3 is 0 Å². The Kier molecular flexibility index (Phi) is 6.37. The molecule has 0 aromatic rings. The molecular weight excluding hydrogens is 208 g/mol. The molecule has 1 heterocycles. The van der Waals surface area contributed by atoms with Crippen molar-refractivity contribution in [3.05, 3.63) is 0 Å². The number of rotatable bonds is 7. The van der Waals surface area contributed by atoms with Crippen molar-refractivity contribution in [1.29, 1.82) is 0 Å². The molecule has 0 saturated carbocycles. The van der Waals surface area contributed by atoms with Crippen LogP contribution >= 0.6 is 0 Å². The molecule has 1 aliphatic heterocycles. The second kappa shape index (κ2) is 7.60. The van der Waals surface area contributed by atoms with Crippen molar-refractivity contribution in [1.82, 2.24) is 10.6 Å². The fraction of sp³-hybridized carbons (Fsp3) is 0.909. The van der Waals surface area contributed by atoms with Crippen LogP contribution in [-0.4, -0.2) is 51.5 Å². The van der Waals surface area contributed by atoms with Gasteiger partial charge in [0.1, 0.15) is 0 Å². The topological polar surface area (TPSA) is 59.6 Å². The van der Waals surface area contributed by atoms with Crippen LogP contribution in [0.4, 0.5) is 0 Å². The molecule has 1 fully saturated rings. The van der Waals surface area contributed by atoms with Gasteiger partial charge in [-0.25, -0.2) is 0 Å². The molecule has 2 atom stereocenters. The third kappa shape index (κ3) is 5.44. The molecule has 0 radical (unpaired) electrons. The van der Waals surface area contributed by atoms with Gasteiger partial charge in [-0.3, -0.25) is 4.79 Å². The minimum atomic E-state index is 0.00287. The predicted octanol–water partition coefficient (Wildman–Crippen LogP) is -0.0939. The van der Waals surface area contributed by atoms with Gasteiger partial charge in [0.05, 0.1) is 25.4 Å². The minimum Gasteiger partial charge on any atom is -0.383 e. The second-order valence-electron chi connectivity index (χ2n) is 4.12. The number of ether oxygens (including phenoxy) is 2. The molecule has 1 saturated heterocycles. The number of hydrogen-bond acceptors (Lipinski definition) is 4. The van der Waals surface area contributed by atoms with E-state index < -0.39 is 0 Å². The van der Waals surface area contributed by atoms with Crippen LogP contribution in [0.25, 0.3) is 0 Å². The first-order chi connectivity index (χ1) is 7.72. The molecule has 5 heteroatoms. The molecule has 94 valence electrons. The van der Waals surface area contributed by atoms with Gasteiger partial charge in [0, 0.05) is 20.2 Å². The van der Waals surface area contributed by atoms with Gasteiger partial charge in [-0.15, -0.1) is 0 Å².